The molecule has 1 atom stereocenters. The van der Waals surface area contributed by atoms with Gasteiger partial charge in [-0.05, 0) is 19.1 Å². The fourth-order valence-electron chi connectivity index (χ4n) is 4.33. The standard InChI is InChI=1S/C24H27ClN6O/c1-18-17-30(23-20(25)8-5-9-26-23)10-11-31(18)22-16-21(19-6-3-2-4-7-19)27-24(28-22)29-12-14-32-15-13-29/h2-9,16,18H,10-15,17H2,1H3. The second-order valence-electron chi connectivity index (χ2n) is 8.17. The summed E-state index contributed by atoms with van der Waals surface area (Å²) in [4.78, 5) is 21.2. The number of hydrogen-bond acceptors (Lipinski definition) is 7. The number of halogens is 1. The van der Waals surface area contributed by atoms with Crippen LogP contribution in [0.15, 0.2) is 54.7 Å². The fraction of sp³-hybridized carbons (Fsp3) is 0.375. The summed E-state index contributed by atoms with van der Waals surface area (Å²) in [5.74, 6) is 2.58. The zero-order chi connectivity index (χ0) is 21.9. The second-order valence-corrected chi connectivity index (χ2v) is 8.58. The van der Waals surface area contributed by atoms with Gasteiger partial charge in [0.15, 0.2) is 0 Å². The van der Waals surface area contributed by atoms with Crippen LogP contribution in [0.1, 0.15) is 6.92 Å². The summed E-state index contributed by atoms with van der Waals surface area (Å²) >= 11 is 6.40. The van der Waals surface area contributed by atoms with Gasteiger partial charge in [0.2, 0.25) is 5.95 Å². The number of benzene rings is 1. The summed E-state index contributed by atoms with van der Waals surface area (Å²) in [6.45, 7) is 7.73. The van der Waals surface area contributed by atoms with Crippen molar-refractivity contribution < 1.29 is 4.74 Å². The Bertz CT molecular complexity index is 1060. The van der Waals surface area contributed by atoms with E-state index in [-0.39, 0.29) is 6.04 Å². The molecule has 0 aliphatic carbocycles. The number of morpholine rings is 1. The molecule has 2 aromatic heterocycles. The molecule has 1 aromatic carbocycles. The van der Waals surface area contributed by atoms with Crippen molar-refractivity contribution in [1.82, 2.24) is 15.0 Å². The van der Waals surface area contributed by atoms with Crippen LogP contribution in [-0.4, -0.2) is 66.9 Å². The van der Waals surface area contributed by atoms with E-state index in [9.17, 15) is 0 Å². The largest absolute Gasteiger partial charge is 0.378 e. The maximum atomic E-state index is 6.40. The lowest BCUT2D eigenvalue weighted by Gasteiger charge is -2.41. The molecule has 32 heavy (non-hydrogen) atoms. The lowest BCUT2D eigenvalue weighted by Crippen LogP contribution is -2.53. The molecule has 2 saturated heterocycles. The predicted octanol–water partition coefficient (Wildman–Crippen LogP) is 3.74. The third-order valence-electron chi connectivity index (χ3n) is 6.02. The molecule has 0 amide bonds. The van der Waals surface area contributed by atoms with Gasteiger partial charge >= 0.3 is 0 Å². The van der Waals surface area contributed by atoms with E-state index in [1.54, 1.807) is 6.20 Å². The molecule has 2 aliphatic rings. The van der Waals surface area contributed by atoms with Crippen LogP contribution in [0, 0.1) is 0 Å². The number of nitrogens with zero attached hydrogens (tertiary/aromatic N) is 6. The van der Waals surface area contributed by atoms with Crippen molar-refractivity contribution >= 4 is 29.2 Å². The first-order chi connectivity index (χ1) is 15.7. The van der Waals surface area contributed by atoms with E-state index in [2.05, 4.69) is 44.8 Å². The van der Waals surface area contributed by atoms with Crippen molar-refractivity contribution in [3.63, 3.8) is 0 Å². The molecule has 0 bridgehead atoms. The summed E-state index contributed by atoms with van der Waals surface area (Å²) < 4.78 is 5.53. The van der Waals surface area contributed by atoms with Crippen LogP contribution in [0.3, 0.4) is 0 Å². The van der Waals surface area contributed by atoms with E-state index in [0.717, 1.165) is 61.6 Å². The third-order valence-corrected chi connectivity index (χ3v) is 6.32. The molecule has 0 saturated carbocycles. The number of rotatable bonds is 4. The van der Waals surface area contributed by atoms with Crippen molar-refractivity contribution in [1.29, 1.82) is 0 Å². The van der Waals surface area contributed by atoms with Gasteiger partial charge in [-0.3, -0.25) is 0 Å². The first-order valence-corrected chi connectivity index (χ1v) is 11.5. The van der Waals surface area contributed by atoms with Crippen molar-refractivity contribution in [2.24, 2.45) is 0 Å². The van der Waals surface area contributed by atoms with Gasteiger partial charge in [-0.2, -0.15) is 4.98 Å². The van der Waals surface area contributed by atoms with Crippen LogP contribution < -0.4 is 14.7 Å². The minimum atomic E-state index is 0.248. The molecule has 0 radical (unpaired) electrons. The van der Waals surface area contributed by atoms with E-state index in [4.69, 9.17) is 26.3 Å². The minimum absolute atomic E-state index is 0.248. The van der Waals surface area contributed by atoms with Gasteiger partial charge in [-0.1, -0.05) is 41.9 Å². The average molecular weight is 451 g/mol. The van der Waals surface area contributed by atoms with Crippen molar-refractivity contribution in [3.05, 3.63) is 59.8 Å². The summed E-state index contributed by atoms with van der Waals surface area (Å²) in [6, 6.07) is 16.4. The molecule has 0 N–H and O–H groups in total. The number of aromatic nitrogens is 3. The number of pyridine rings is 1. The van der Waals surface area contributed by atoms with Crippen LogP contribution in [0.5, 0.6) is 0 Å². The van der Waals surface area contributed by atoms with Crippen molar-refractivity contribution in [2.45, 2.75) is 13.0 Å². The van der Waals surface area contributed by atoms with Gasteiger partial charge < -0.3 is 19.4 Å². The van der Waals surface area contributed by atoms with Crippen molar-refractivity contribution in [3.8, 4) is 11.3 Å². The average Bonchev–Trinajstić information content (AvgIpc) is 2.85. The zero-order valence-electron chi connectivity index (χ0n) is 18.2. The Labute approximate surface area is 193 Å². The molecule has 7 nitrogen and oxygen atoms in total. The van der Waals surface area contributed by atoms with Crippen LogP contribution >= 0.6 is 11.6 Å². The topological polar surface area (TPSA) is 57.6 Å². The van der Waals surface area contributed by atoms with Crippen LogP contribution in [-0.2, 0) is 4.74 Å². The van der Waals surface area contributed by atoms with E-state index >= 15 is 0 Å². The Morgan fingerprint density at radius 1 is 0.938 bits per heavy atom. The molecule has 2 fully saturated rings. The Morgan fingerprint density at radius 2 is 1.75 bits per heavy atom. The molecular weight excluding hydrogens is 424 g/mol. The summed E-state index contributed by atoms with van der Waals surface area (Å²) in [7, 11) is 0. The van der Waals surface area contributed by atoms with Gasteiger partial charge in [-0.25, -0.2) is 9.97 Å². The van der Waals surface area contributed by atoms with Gasteiger partial charge in [0.25, 0.3) is 0 Å². The molecule has 8 heteroatoms. The maximum Gasteiger partial charge on any atom is 0.228 e. The predicted molar refractivity (Wildman–Crippen MR) is 129 cm³/mol. The van der Waals surface area contributed by atoms with Gasteiger partial charge in [-0.15, -0.1) is 0 Å². The number of piperazine rings is 1. The minimum Gasteiger partial charge on any atom is -0.378 e. The Kier molecular flexibility index (Phi) is 6.10. The normalized spacial score (nSPS) is 19.3. The van der Waals surface area contributed by atoms with E-state index in [1.165, 1.54) is 0 Å². The highest BCUT2D eigenvalue weighted by atomic mass is 35.5. The molecule has 0 spiro atoms. The Hall–Kier alpha value is -2.90. The highest BCUT2D eigenvalue weighted by Gasteiger charge is 2.28. The molecule has 1 unspecified atom stereocenters. The van der Waals surface area contributed by atoms with E-state index in [1.807, 2.05) is 30.3 Å². The molecule has 2 aliphatic heterocycles. The zero-order valence-corrected chi connectivity index (χ0v) is 18.9. The highest BCUT2D eigenvalue weighted by molar-refractivity contribution is 6.32. The Morgan fingerprint density at radius 3 is 2.50 bits per heavy atom. The lowest BCUT2D eigenvalue weighted by molar-refractivity contribution is 0.122. The summed E-state index contributed by atoms with van der Waals surface area (Å²) in [6.07, 6.45) is 1.80. The number of hydrogen-bond donors (Lipinski definition) is 0. The molecule has 5 rings (SSSR count). The fourth-order valence-corrected chi connectivity index (χ4v) is 4.57. The monoisotopic (exact) mass is 450 g/mol. The smallest absolute Gasteiger partial charge is 0.228 e. The second kappa shape index (κ2) is 9.30. The molecule has 166 valence electrons. The summed E-state index contributed by atoms with van der Waals surface area (Å²) in [5, 5.41) is 0.691. The highest BCUT2D eigenvalue weighted by Crippen LogP contribution is 2.30. The van der Waals surface area contributed by atoms with E-state index in [0.29, 0.717) is 18.2 Å². The van der Waals surface area contributed by atoms with Gasteiger partial charge in [0.1, 0.15) is 11.6 Å². The van der Waals surface area contributed by atoms with Crippen LogP contribution in [0.4, 0.5) is 17.6 Å². The quantitative estimate of drug-likeness (QED) is 0.600. The van der Waals surface area contributed by atoms with Gasteiger partial charge in [0.05, 0.1) is 23.9 Å². The third kappa shape index (κ3) is 4.36. The lowest BCUT2D eigenvalue weighted by atomic mass is 10.1. The SMILES string of the molecule is CC1CN(c2ncccc2Cl)CCN1c1cc(-c2ccccc2)nc(N2CCOCC2)n1. The summed E-state index contributed by atoms with van der Waals surface area (Å²) in [5.41, 5.74) is 2.04. The maximum absolute atomic E-state index is 6.40. The number of anilines is 3. The van der Waals surface area contributed by atoms with Crippen LogP contribution in [0.25, 0.3) is 11.3 Å². The molecule has 4 heterocycles. The molecular formula is C24H27ClN6O. The van der Waals surface area contributed by atoms with Crippen molar-refractivity contribution in [2.75, 3.05) is 60.6 Å². The first-order valence-electron chi connectivity index (χ1n) is 11.1. The first kappa shape index (κ1) is 21.0. The van der Waals surface area contributed by atoms with E-state index < -0.39 is 0 Å². The van der Waals surface area contributed by atoms with Crippen LogP contribution in [0.2, 0.25) is 5.02 Å². The number of ether oxygens (including phenoxy) is 1. The van der Waals surface area contributed by atoms with Gasteiger partial charge in [0, 0.05) is 56.6 Å². The molecule has 3 aromatic rings. The Balaban J connectivity index is 1.45.